The van der Waals surface area contributed by atoms with Gasteiger partial charge in [0.1, 0.15) is 46.6 Å². The second-order valence-corrected chi connectivity index (χ2v) is 27.9. The molecule has 3 atom stereocenters. The highest BCUT2D eigenvalue weighted by molar-refractivity contribution is 7.93. The van der Waals surface area contributed by atoms with Crippen LogP contribution >= 0.6 is 19.4 Å². The normalized spacial score (nSPS) is 16.5. The number of nitrogens with one attached hydrogen (secondary N) is 1. The maximum atomic E-state index is 15.7. The van der Waals surface area contributed by atoms with Crippen LogP contribution in [0.2, 0.25) is 5.02 Å². The number of hydrogen-bond donors (Lipinski definition) is 4. The molecule has 0 spiro atoms. The van der Waals surface area contributed by atoms with Crippen LogP contribution in [0.1, 0.15) is 103 Å². The van der Waals surface area contributed by atoms with E-state index >= 15 is 8.78 Å². The fraction of sp³-hybridized carbons (Fsp3) is 0.396. The van der Waals surface area contributed by atoms with E-state index in [1.807, 2.05) is 0 Å². The topological polar surface area (TPSA) is 270 Å². The first-order valence-electron chi connectivity index (χ1n) is 25.2. The van der Waals surface area contributed by atoms with Crippen molar-refractivity contribution < 1.29 is 99.1 Å². The molecule has 8 rings (SSSR count). The molecule has 19 nitrogen and oxygen atoms in total. The molecule has 33 heteroatoms. The number of carboxylic acid groups (broad SMARTS) is 1. The molecule has 1 saturated carbocycles. The number of aryl methyl sites for hydroxylation is 1. The number of carbonyl (C=O) groups excluding carboxylic acids is 2. The van der Waals surface area contributed by atoms with E-state index < -0.39 is 197 Å². The monoisotopic (exact) mass is 1300 g/mol. The van der Waals surface area contributed by atoms with Gasteiger partial charge in [0.05, 0.1) is 40.3 Å². The van der Waals surface area contributed by atoms with Gasteiger partial charge < -0.3 is 14.9 Å². The third-order valence-electron chi connectivity index (χ3n) is 14.2. The van der Waals surface area contributed by atoms with E-state index in [4.69, 9.17) is 16.1 Å². The average Bonchev–Trinajstić information content (AvgIpc) is 1.52. The van der Waals surface area contributed by atoms with Crippen molar-refractivity contribution in [3.8, 4) is 28.7 Å². The van der Waals surface area contributed by atoms with E-state index in [1.54, 1.807) is 0 Å². The third kappa shape index (κ3) is 13.5. The van der Waals surface area contributed by atoms with E-state index in [9.17, 15) is 85.8 Å². The van der Waals surface area contributed by atoms with Crippen LogP contribution in [0.25, 0.3) is 22.0 Å². The fourth-order valence-electron chi connectivity index (χ4n) is 10.5. The number of phosphoric ester groups is 1. The van der Waals surface area contributed by atoms with Gasteiger partial charge in [-0.05, 0) is 98.5 Å². The Morgan fingerprint density at radius 1 is 0.930 bits per heavy atom. The van der Waals surface area contributed by atoms with Crippen LogP contribution in [0.5, 0.6) is 5.75 Å². The first-order valence-corrected chi connectivity index (χ1v) is 30.9. The Morgan fingerprint density at radius 3 is 2.13 bits per heavy atom. The van der Waals surface area contributed by atoms with Gasteiger partial charge in [-0.15, -0.1) is 0 Å². The Bertz CT molecular complexity index is 4160. The Morgan fingerprint density at radius 2 is 1.56 bits per heavy atom. The summed E-state index contributed by atoms with van der Waals surface area (Å²) in [6.07, 6.45) is -12.2. The smallest absolute Gasteiger partial charge is 0.481 e. The molecule has 2 amide bonds. The second kappa shape index (κ2) is 22.2. The van der Waals surface area contributed by atoms with Gasteiger partial charge in [-0.1, -0.05) is 43.5 Å². The van der Waals surface area contributed by atoms with Gasteiger partial charge in [-0.3, -0.25) is 33.5 Å². The van der Waals surface area contributed by atoms with Crippen LogP contribution in [0, 0.1) is 36.3 Å². The number of anilines is 1. The standard InChI is InChI=1S/C53H49ClF10N7O12PS2/c1-25-14-27(19-40(74)75)43(37(15-25)83-84(76,77)78)49(2,3)22-39(73)71(86(7,81)82)48-42-35(54)11-10-32(45(42)70(68-48)24-51(57,58)59)31-9-8-30(12-13-50(4,5)85(6,79)80)65-44(31)36(18-26-16-28(55)20-29(56)17-26)66-38(72)23-69-47-41(46(67-69)53(62,63)64)33-21-34(33)52(47,60)61/h8-11,14-17,20,33-34,36H,18-19,21-24H2,1-7H3,(H,66,72)(H,74,75)(H2,76,77,78). The van der Waals surface area contributed by atoms with Gasteiger partial charge in [0.2, 0.25) is 21.8 Å². The molecule has 6 aromatic rings. The molecule has 2 aliphatic rings. The second-order valence-electron chi connectivity index (χ2n) is 21.9. The number of hydrogen-bond acceptors (Lipinski definition) is 12. The fourth-order valence-corrected chi connectivity index (χ4v) is 12.2. The highest BCUT2D eigenvalue weighted by Gasteiger charge is 2.68. The summed E-state index contributed by atoms with van der Waals surface area (Å²) < 4.78 is 218. The first-order chi connectivity index (χ1) is 39.3. The summed E-state index contributed by atoms with van der Waals surface area (Å²) in [5, 5.41) is 18.3. The summed E-state index contributed by atoms with van der Waals surface area (Å²) in [7, 11) is -14.5. The van der Waals surface area contributed by atoms with Crippen LogP contribution in [0.3, 0.4) is 0 Å². The van der Waals surface area contributed by atoms with E-state index in [2.05, 4.69) is 32.3 Å². The Hall–Kier alpha value is -7.10. The van der Waals surface area contributed by atoms with E-state index in [1.165, 1.54) is 40.7 Å². The van der Waals surface area contributed by atoms with Crippen LogP contribution in [0.15, 0.2) is 54.6 Å². The molecule has 3 aromatic carbocycles. The summed E-state index contributed by atoms with van der Waals surface area (Å²) in [6.45, 7) is 2.82. The zero-order chi connectivity index (χ0) is 64.1. The number of halogens is 11. The van der Waals surface area contributed by atoms with Crippen molar-refractivity contribution in [3.63, 3.8) is 0 Å². The largest absolute Gasteiger partial charge is 0.524 e. The highest BCUT2D eigenvalue weighted by Crippen LogP contribution is 2.68. The number of fused-ring (bicyclic) bond motifs is 4. The van der Waals surface area contributed by atoms with E-state index in [-0.39, 0.29) is 48.0 Å². The summed E-state index contributed by atoms with van der Waals surface area (Å²) in [6, 6.07) is 6.71. The van der Waals surface area contributed by atoms with Gasteiger partial charge in [-0.25, -0.2) is 35.2 Å². The minimum absolute atomic E-state index is 0.0275. The number of alkyl halides is 8. The number of sulfone groups is 1. The molecule has 3 aromatic heterocycles. The molecule has 0 radical (unpaired) electrons. The number of sulfonamides is 1. The maximum Gasteiger partial charge on any atom is 0.524 e. The number of aliphatic carboxylic acids is 1. The van der Waals surface area contributed by atoms with E-state index in [0.717, 1.165) is 48.7 Å². The van der Waals surface area contributed by atoms with Crippen LogP contribution in [-0.2, 0) is 82.3 Å². The van der Waals surface area contributed by atoms with Crippen molar-refractivity contribution in [2.24, 2.45) is 5.92 Å². The number of carboxylic acids is 1. The molecule has 3 heterocycles. The number of benzene rings is 3. The molecule has 86 heavy (non-hydrogen) atoms. The maximum absolute atomic E-state index is 15.7. The van der Waals surface area contributed by atoms with Gasteiger partial charge in [0.25, 0.3) is 5.92 Å². The van der Waals surface area contributed by atoms with Crippen LogP contribution < -0.4 is 14.1 Å². The summed E-state index contributed by atoms with van der Waals surface area (Å²) in [5.74, 6) is -10.1. The summed E-state index contributed by atoms with van der Waals surface area (Å²) >= 11 is 6.78. The Kier molecular flexibility index (Phi) is 16.8. The zero-order valence-corrected chi connectivity index (χ0v) is 49.1. The van der Waals surface area contributed by atoms with Gasteiger partial charge in [0.15, 0.2) is 21.3 Å². The van der Waals surface area contributed by atoms with Gasteiger partial charge in [0, 0.05) is 52.3 Å². The lowest BCUT2D eigenvalue weighted by Crippen LogP contribution is -2.40. The Labute approximate surface area is 487 Å². The molecule has 4 N–H and O–H groups in total. The van der Waals surface area contributed by atoms with Crippen molar-refractivity contribution in [1.82, 2.24) is 29.9 Å². The summed E-state index contributed by atoms with van der Waals surface area (Å²) in [4.78, 5) is 65.5. The van der Waals surface area contributed by atoms with Gasteiger partial charge in [-0.2, -0.15) is 49.6 Å². The quantitative estimate of drug-likeness (QED) is 0.0355. The number of pyridine rings is 1. The molecule has 0 bridgehead atoms. The SMILES string of the molecule is Cc1cc(CC(=O)O)c(C(C)(C)CC(=O)N(c2nn(CC(F)(F)F)c3c(-c4ccc(C#CC(C)(C)S(C)(=O)=O)nc4C(Cc4cc(F)cc(F)c4)NC(=O)Cn4nc(C(F)(F)F)c5c4C(F)(F)C4CC54)ccc(Cl)c23)S(C)(=O)=O)c(OP(=O)(O)O)c1. The van der Waals surface area contributed by atoms with E-state index in [0.29, 0.717) is 12.3 Å². The number of amides is 2. The lowest BCUT2D eigenvalue weighted by atomic mass is 9.77. The molecule has 0 aliphatic heterocycles. The van der Waals surface area contributed by atoms with Crippen LogP contribution in [0.4, 0.5) is 49.7 Å². The zero-order valence-electron chi connectivity index (χ0n) is 45.8. The molecular formula is C53H49ClF10N7O12PS2. The summed E-state index contributed by atoms with van der Waals surface area (Å²) in [5.41, 5.74) is -8.67. The number of phosphoric acid groups is 1. The number of carbonyl (C=O) groups is 3. The minimum Gasteiger partial charge on any atom is -0.481 e. The predicted octanol–water partition coefficient (Wildman–Crippen LogP) is 9.36. The molecular weight excluding hydrogens is 1250 g/mol. The average molecular weight is 1300 g/mol. The lowest BCUT2D eigenvalue weighted by molar-refractivity contribution is -0.143. The van der Waals surface area contributed by atoms with Gasteiger partial charge >= 0.3 is 26.1 Å². The first kappa shape index (κ1) is 64.9. The van der Waals surface area contributed by atoms with Crippen molar-refractivity contribution in [1.29, 1.82) is 0 Å². The highest BCUT2D eigenvalue weighted by atomic mass is 35.5. The minimum atomic E-state index is -5.45. The number of rotatable bonds is 18. The molecule has 3 unspecified atom stereocenters. The predicted molar refractivity (Wildman–Crippen MR) is 288 cm³/mol. The Balaban J connectivity index is 1.36. The number of aromatic nitrogens is 5. The lowest BCUT2D eigenvalue weighted by Gasteiger charge is -2.31. The number of nitrogens with zero attached hydrogens (tertiary/aromatic N) is 6. The van der Waals surface area contributed by atoms with Crippen molar-refractivity contribution in [3.05, 3.63) is 122 Å². The molecule has 0 saturated heterocycles. The third-order valence-corrected chi connectivity index (χ3v) is 18.0. The molecule has 462 valence electrons. The molecule has 1 fully saturated rings. The van der Waals surface area contributed by atoms with Crippen LogP contribution in [-0.4, -0.2) is 97.5 Å². The van der Waals surface area contributed by atoms with Crippen molar-refractivity contribution >= 4 is 73.8 Å². The molecule has 2 aliphatic carbocycles. The van der Waals surface area contributed by atoms with Crippen molar-refractivity contribution in [2.45, 2.75) is 114 Å². The van der Waals surface area contributed by atoms with Crippen molar-refractivity contribution in [2.75, 3.05) is 16.8 Å².